The fraction of sp³-hybridized carbons (Fsp3) is 0.833. The zero-order valence-electron chi connectivity index (χ0n) is 6.34. The summed E-state index contributed by atoms with van der Waals surface area (Å²) in [5, 5.41) is -0.387. The number of rotatable bonds is 4. The smallest absolute Gasteiger partial charge is 0.306 e. The molecule has 0 aliphatic carbocycles. The molecule has 0 N–H and O–H groups in total. The summed E-state index contributed by atoms with van der Waals surface area (Å²) in [6, 6.07) is 0. The van der Waals surface area contributed by atoms with E-state index in [0.29, 0.717) is 11.8 Å². The molecular weight excluding hydrogens is 174 g/mol. The van der Waals surface area contributed by atoms with Crippen molar-refractivity contribution in [2.45, 2.75) is 24.4 Å². The Morgan fingerprint density at radius 2 is 2.18 bits per heavy atom. The van der Waals surface area contributed by atoms with E-state index >= 15 is 0 Å². The molecular formula is C6H10F2O2S. The molecule has 0 aliphatic rings. The van der Waals surface area contributed by atoms with Crippen LogP contribution < -0.4 is 0 Å². The average Bonchev–Trinajstić information content (AvgIpc) is 1.85. The van der Waals surface area contributed by atoms with Crippen LogP contribution in [0.5, 0.6) is 0 Å². The molecule has 0 saturated carbocycles. The van der Waals surface area contributed by atoms with E-state index in [9.17, 15) is 13.6 Å². The largest absolute Gasteiger partial charge is 0.469 e. The molecule has 0 fully saturated rings. The van der Waals surface area contributed by atoms with Gasteiger partial charge in [-0.1, -0.05) is 18.7 Å². The van der Waals surface area contributed by atoms with Crippen molar-refractivity contribution in [1.82, 2.24) is 0 Å². The molecule has 0 spiro atoms. The molecule has 1 atom stereocenters. The van der Waals surface area contributed by atoms with Gasteiger partial charge in [-0.2, -0.15) is 8.78 Å². The third-order valence-electron chi connectivity index (χ3n) is 1.02. The molecule has 0 aromatic heterocycles. The van der Waals surface area contributed by atoms with E-state index in [4.69, 9.17) is 0 Å². The SMILES string of the molecule is COC(=O)CC(C)SC(F)F. The van der Waals surface area contributed by atoms with Crippen molar-refractivity contribution in [3.63, 3.8) is 0 Å². The first-order valence-electron chi connectivity index (χ1n) is 3.06. The van der Waals surface area contributed by atoms with Crippen molar-refractivity contribution >= 4 is 17.7 Å². The van der Waals surface area contributed by atoms with Gasteiger partial charge < -0.3 is 4.74 Å². The maximum atomic E-state index is 11.7. The van der Waals surface area contributed by atoms with Gasteiger partial charge in [0.05, 0.1) is 13.5 Å². The standard InChI is InChI=1S/C6H10F2O2S/c1-4(11-6(7)8)3-5(9)10-2/h4,6H,3H2,1-2H3. The van der Waals surface area contributed by atoms with Crippen molar-refractivity contribution in [3.05, 3.63) is 0 Å². The molecule has 11 heavy (non-hydrogen) atoms. The molecule has 0 bridgehead atoms. The molecule has 0 aliphatic heterocycles. The number of carbonyl (C=O) groups is 1. The first-order valence-corrected chi connectivity index (χ1v) is 4.01. The average molecular weight is 184 g/mol. The maximum Gasteiger partial charge on any atom is 0.306 e. The highest BCUT2D eigenvalue weighted by Crippen LogP contribution is 2.22. The lowest BCUT2D eigenvalue weighted by atomic mass is 10.3. The van der Waals surface area contributed by atoms with Crippen LogP contribution in [0.4, 0.5) is 8.78 Å². The van der Waals surface area contributed by atoms with Crippen molar-refractivity contribution in [1.29, 1.82) is 0 Å². The zero-order chi connectivity index (χ0) is 8.85. The van der Waals surface area contributed by atoms with E-state index in [1.54, 1.807) is 6.92 Å². The number of hydrogen-bond donors (Lipinski definition) is 0. The topological polar surface area (TPSA) is 26.3 Å². The molecule has 0 radical (unpaired) electrons. The lowest BCUT2D eigenvalue weighted by Crippen LogP contribution is -2.09. The number of methoxy groups -OCH3 is 1. The van der Waals surface area contributed by atoms with E-state index in [1.807, 2.05) is 0 Å². The van der Waals surface area contributed by atoms with Gasteiger partial charge >= 0.3 is 5.97 Å². The summed E-state index contributed by atoms with van der Waals surface area (Å²) in [4.78, 5) is 10.5. The quantitative estimate of drug-likeness (QED) is 0.624. The number of ether oxygens (including phenoxy) is 1. The Kier molecular flexibility index (Phi) is 5.19. The third-order valence-corrected chi connectivity index (χ3v) is 1.85. The third kappa shape index (κ3) is 6.09. The second-order valence-electron chi connectivity index (χ2n) is 1.99. The minimum atomic E-state index is -2.42. The Hall–Kier alpha value is -0.320. The van der Waals surface area contributed by atoms with Gasteiger partial charge in [-0.15, -0.1) is 0 Å². The van der Waals surface area contributed by atoms with Gasteiger partial charge in [-0.3, -0.25) is 4.79 Å². The first kappa shape index (κ1) is 10.7. The number of esters is 1. The highest BCUT2D eigenvalue weighted by atomic mass is 32.2. The molecule has 0 aromatic carbocycles. The lowest BCUT2D eigenvalue weighted by Gasteiger charge is -2.07. The Bertz CT molecular complexity index is 130. The van der Waals surface area contributed by atoms with Crippen LogP contribution in [-0.4, -0.2) is 24.1 Å². The zero-order valence-corrected chi connectivity index (χ0v) is 7.16. The second-order valence-corrected chi connectivity index (χ2v) is 3.42. The summed E-state index contributed by atoms with van der Waals surface area (Å²) in [5.74, 6) is -2.87. The van der Waals surface area contributed by atoms with Crippen molar-refractivity contribution in [2.75, 3.05) is 7.11 Å². The van der Waals surface area contributed by atoms with Gasteiger partial charge in [-0.25, -0.2) is 0 Å². The van der Waals surface area contributed by atoms with Crippen LogP contribution in [0.1, 0.15) is 13.3 Å². The Morgan fingerprint density at radius 3 is 2.55 bits per heavy atom. The van der Waals surface area contributed by atoms with E-state index in [1.165, 1.54) is 7.11 Å². The predicted molar refractivity (Wildman–Crippen MR) is 39.7 cm³/mol. The summed E-state index contributed by atoms with van der Waals surface area (Å²) in [6.45, 7) is 1.56. The molecule has 0 aromatic rings. The van der Waals surface area contributed by atoms with Crippen LogP contribution in [0.3, 0.4) is 0 Å². The van der Waals surface area contributed by atoms with Crippen molar-refractivity contribution < 1.29 is 18.3 Å². The molecule has 2 nitrogen and oxygen atoms in total. The molecule has 66 valence electrons. The molecule has 0 heterocycles. The Balaban J connectivity index is 3.51. The fourth-order valence-electron chi connectivity index (χ4n) is 0.542. The van der Waals surface area contributed by atoms with Gasteiger partial charge in [-0.05, 0) is 0 Å². The summed E-state index contributed by atoms with van der Waals surface area (Å²) >= 11 is 0.464. The highest BCUT2D eigenvalue weighted by molar-refractivity contribution is 8.00. The summed E-state index contributed by atoms with van der Waals surface area (Å²) in [6.07, 6.45) is 0.0332. The van der Waals surface area contributed by atoms with E-state index in [-0.39, 0.29) is 11.7 Å². The number of halogens is 2. The Labute approximate surface area is 68.3 Å². The van der Waals surface area contributed by atoms with Gasteiger partial charge in [0.25, 0.3) is 5.76 Å². The number of hydrogen-bond acceptors (Lipinski definition) is 3. The van der Waals surface area contributed by atoms with E-state index in [2.05, 4.69) is 4.74 Å². The maximum absolute atomic E-state index is 11.7. The predicted octanol–water partition coefficient (Wildman–Crippen LogP) is 1.89. The van der Waals surface area contributed by atoms with Crippen molar-refractivity contribution in [3.8, 4) is 0 Å². The normalized spacial score (nSPS) is 13.2. The van der Waals surface area contributed by atoms with Crippen LogP contribution in [0.2, 0.25) is 0 Å². The van der Waals surface area contributed by atoms with Gasteiger partial charge in [0.15, 0.2) is 0 Å². The monoisotopic (exact) mass is 184 g/mol. The number of thioether (sulfide) groups is 1. The lowest BCUT2D eigenvalue weighted by molar-refractivity contribution is -0.140. The van der Waals surface area contributed by atoms with Crippen LogP contribution in [0, 0.1) is 0 Å². The molecule has 0 rings (SSSR count). The number of alkyl halides is 2. The minimum Gasteiger partial charge on any atom is -0.469 e. The summed E-state index contributed by atoms with van der Waals surface area (Å²) in [5.41, 5.74) is 0. The van der Waals surface area contributed by atoms with E-state index < -0.39 is 11.7 Å². The molecule has 5 heteroatoms. The fourth-order valence-corrected chi connectivity index (χ4v) is 1.13. The van der Waals surface area contributed by atoms with Gasteiger partial charge in [0.2, 0.25) is 0 Å². The van der Waals surface area contributed by atoms with Crippen LogP contribution in [0.25, 0.3) is 0 Å². The molecule has 0 saturated heterocycles. The number of carbonyl (C=O) groups excluding carboxylic acids is 1. The van der Waals surface area contributed by atoms with Crippen LogP contribution in [-0.2, 0) is 9.53 Å². The molecule has 1 unspecified atom stereocenters. The van der Waals surface area contributed by atoms with Gasteiger partial charge in [0.1, 0.15) is 0 Å². The van der Waals surface area contributed by atoms with Gasteiger partial charge in [0, 0.05) is 5.25 Å². The van der Waals surface area contributed by atoms with Crippen LogP contribution >= 0.6 is 11.8 Å². The molecule has 0 amide bonds. The second kappa shape index (κ2) is 5.35. The van der Waals surface area contributed by atoms with E-state index in [0.717, 1.165) is 0 Å². The van der Waals surface area contributed by atoms with Crippen molar-refractivity contribution in [2.24, 2.45) is 0 Å². The Morgan fingerprint density at radius 1 is 1.64 bits per heavy atom. The summed E-state index contributed by atoms with van der Waals surface area (Å²) in [7, 11) is 1.24. The van der Waals surface area contributed by atoms with Crippen LogP contribution in [0.15, 0.2) is 0 Å². The minimum absolute atomic E-state index is 0.0332. The highest BCUT2D eigenvalue weighted by Gasteiger charge is 2.14. The summed E-state index contributed by atoms with van der Waals surface area (Å²) < 4.78 is 27.6. The first-order chi connectivity index (χ1) is 5.06.